The van der Waals surface area contributed by atoms with Gasteiger partial charge in [-0.3, -0.25) is 0 Å². The standard InChI is InChI=1S/C9H20N.C6H13N/c1-7(2)10(8(3)4)9(5)6;1-5(2)7-6(3)4/h7-8H,1-6H3;5H,1-4H3/q+1;/p+1. The van der Waals surface area contributed by atoms with Crippen LogP contribution in [0.1, 0.15) is 69.2 Å². The predicted molar refractivity (Wildman–Crippen MR) is 79.3 cm³/mol. The van der Waals surface area contributed by atoms with Gasteiger partial charge in [0.25, 0.3) is 0 Å². The van der Waals surface area contributed by atoms with Crippen LogP contribution in [0, 0.1) is 0 Å². The Hall–Kier alpha value is -0.660. The number of rotatable bonds is 3. The van der Waals surface area contributed by atoms with Crippen LogP contribution in [0.2, 0.25) is 0 Å². The van der Waals surface area contributed by atoms with Crippen LogP contribution in [-0.4, -0.2) is 34.1 Å². The van der Waals surface area contributed by atoms with Crippen LogP contribution in [0.3, 0.4) is 0 Å². The van der Waals surface area contributed by atoms with Crippen LogP contribution >= 0.6 is 0 Å². The quantitative estimate of drug-likeness (QED) is 0.578. The average molecular weight is 242 g/mol. The van der Waals surface area contributed by atoms with Gasteiger partial charge in [-0.2, -0.15) is 0 Å². The molecule has 0 heterocycles. The molecule has 0 radical (unpaired) electrons. The van der Waals surface area contributed by atoms with Crippen molar-refractivity contribution in [1.29, 1.82) is 0 Å². The summed E-state index contributed by atoms with van der Waals surface area (Å²) < 4.78 is 2.42. The van der Waals surface area contributed by atoms with Crippen molar-refractivity contribution in [3.63, 3.8) is 0 Å². The summed E-state index contributed by atoms with van der Waals surface area (Å²) in [4.78, 5) is 3.22. The molecule has 0 bridgehead atoms. The largest absolute Gasteiger partial charge is 0.248 e. The Kier molecular flexibility index (Phi) is 10.3. The summed E-state index contributed by atoms with van der Waals surface area (Å²) >= 11 is 0. The normalized spacial score (nSPS) is 10.2. The van der Waals surface area contributed by atoms with E-state index in [0.29, 0.717) is 18.1 Å². The molecule has 0 amide bonds. The summed E-state index contributed by atoms with van der Waals surface area (Å²) in [5.74, 6) is 0. The van der Waals surface area contributed by atoms with Crippen molar-refractivity contribution in [3.8, 4) is 0 Å². The first-order chi connectivity index (χ1) is 7.59. The summed E-state index contributed by atoms with van der Waals surface area (Å²) in [5, 5.41) is 0. The van der Waals surface area contributed by atoms with E-state index in [9.17, 15) is 0 Å². The lowest BCUT2D eigenvalue weighted by Crippen LogP contribution is -2.76. The predicted octanol–water partition coefficient (Wildman–Crippen LogP) is 2.25. The maximum absolute atomic E-state index is 3.22. The summed E-state index contributed by atoms with van der Waals surface area (Å²) in [6.45, 7) is 21.7. The van der Waals surface area contributed by atoms with Gasteiger partial charge in [0, 0.05) is 27.7 Å². The molecule has 1 N–H and O–H groups in total. The van der Waals surface area contributed by atoms with Crippen molar-refractivity contribution in [2.24, 2.45) is 0 Å². The van der Waals surface area contributed by atoms with E-state index in [-0.39, 0.29) is 0 Å². The molecule has 0 atom stereocenters. The maximum Gasteiger partial charge on any atom is 0.147 e. The second kappa shape index (κ2) is 9.38. The average Bonchev–Trinajstić information content (AvgIpc) is 1.97. The van der Waals surface area contributed by atoms with Crippen molar-refractivity contribution in [1.82, 2.24) is 0 Å². The number of nitrogens with zero attached hydrogens (tertiary/aromatic N) is 1. The minimum atomic E-state index is 0.588. The Labute approximate surface area is 109 Å². The fraction of sp³-hybridized carbons (Fsp3) is 0.867. The van der Waals surface area contributed by atoms with E-state index in [4.69, 9.17) is 0 Å². The first kappa shape index (κ1) is 18.7. The van der Waals surface area contributed by atoms with E-state index < -0.39 is 0 Å². The van der Waals surface area contributed by atoms with E-state index in [1.54, 1.807) is 0 Å². The molecule has 102 valence electrons. The molecule has 0 saturated heterocycles. The lowest BCUT2D eigenvalue weighted by molar-refractivity contribution is -0.588. The third-order valence-electron chi connectivity index (χ3n) is 2.21. The van der Waals surface area contributed by atoms with Gasteiger partial charge in [0.05, 0.1) is 0 Å². The third kappa shape index (κ3) is 11.6. The zero-order valence-corrected chi connectivity index (χ0v) is 13.7. The van der Waals surface area contributed by atoms with Gasteiger partial charge in [0.15, 0.2) is 0 Å². The third-order valence-corrected chi connectivity index (χ3v) is 2.21. The minimum absolute atomic E-state index is 0.588. The fourth-order valence-corrected chi connectivity index (χ4v) is 2.21. The molecule has 0 unspecified atom stereocenters. The molecule has 0 aromatic heterocycles. The van der Waals surface area contributed by atoms with Crippen molar-refractivity contribution in [2.75, 3.05) is 0 Å². The number of nitrogens with one attached hydrogen (secondary N) is 1. The molecule has 0 aliphatic rings. The molecular weight excluding hydrogens is 208 g/mol. The van der Waals surface area contributed by atoms with Gasteiger partial charge >= 0.3 is 0 Å². The Balaban J connectivity index is 0. The fourth-order valence-electron chi connectivity index (χ4n) is 2.21. The first-order valence-corrected chi connectivity index (χ1v) is 6.74. The highest BCUT2D eigenvalue weighted by molar-refractivity contribution is 5.74. The molecule has 0 saturated carbocycles. The Morgan fingerprint density at radius 1 is 0.765 bits per heavy atom. The molecule has 0 fully saturated rings. The van der Waals surface area contributed by atoms with Gasteiger partial charge in [0.2, 0.25) is 0 Å². The zero-order valence-electron chi connectivity index (χ0n) is 13.7. The lowest BCUT2D eigenvalue weighted by atomic mass is 10.2. The van der Waals surface area contributed by atoms with Crippen molar-refractivity contribution >= 4 is 11.4 Å². The van der Waals surface area contributed by atoms with Crippen molar-refractivity contribution in [2.45, 2.75) is 87.4 Å². The molecule has 0 rings (SSSR count). The van der Waals surface area contributed by atoms with E-state index in [1.807, 2.05) is 0 Å². The molecule has 2 heteroatoms. The molecule has 2 nitrogen and oxygen atoms in total. The zero-order chi connectivity index (χ0) is 14.2. The molecule has 0 aliphatic heterocycles. The molecule has 0 aromatic carbocycles. The van der Waals surface area contributed by atoms with Gasteiger partial charge in [-0.1, -0.05) is 0 Å². The highest BCUT2D eigenvalue weighted by Crippen LogP contribution is 1.97. The van der Waals surface area contributed by atoms with Crippen LogP contribution in [-0.2, 0) is 0 Å². The van der Waals surface area contributed by atoms with Crippen LogP contribution in [0.25, 0.3) is 0 Å². The van der Waals surface area contributed by atoms with Gasteiger partial charge in [0.1, 0.15) is 29.5 Å². The van der Waals surface area contributed by atoms with Gasteiger partial charge in [-0.25, -0.2) is 9.57 Å². The SMILES string of the molecule is CC(C)=[N+](C(C)C)C(C)C.CC(C)=[NH+]C(C)C. The maximum atomic E-state index is 3.22. The van der Waals surface area contributed by atoms with Crippen LogP contribution in [0.5, 0.6) is 0 Å². The van der Waals surface area contributed by atoms with Crippen LogP contribution in [0.15, 0.2) is 0 Å². The molecule has 17 heavy (non-hydrogen) atoms. The molecule has 0 aromatic rings. The Morgan fingerprint density at radius 2 is 1.12 bits per heavy atom. The summed E-state index contributed by atoms with van der Waals surface area (Å²) in [5.41, 5.74) is 2.69. The van der Waals surface area contributed by atoms with E-state index in [0.717, 1.165) is 0 Å². The van der Waals surface area contributed by atoms with Gasteiger partial charge in [-0.05, 0) is 41.5 Å². The molecular formula is C15H34N2+2. The van der Waals surface area contributed by atoms with Crippen LogP contribution in [0.4, 0.5) is 0 Å². The summed E-state index contributed by atoms with van der Waals surface area (Å²) in [6, 6.07) is 1.85. The smallest absolute Gasteiger partial charge is 0.147 e. The molecule has 0 aliphatic carbocycles. The second-order valence-electron chi connectivity index (χ2n) is 5.84. The van der Waals surface area contributed by atoms with Crippen LogP contribution < -0.4 is 4.99 Å². The summed E-state index contributed by atoms with van der Waals surface area (Å²) in [6.07, 6.45) is 0. The highest BCUT2D eigenvalue weighted by atomic mass is 15.1. The minimum Gasteiger partial charge on any atom is -0.248 e. The Morgan fingerprint density at radius 3 is 1.12 bits per heavy atom. The highest BCUT2D eigenvalue weighted by Gasteiger charge is 2.14. The van der Waals surface area contributed by atoms with E-state index >= 15 is 0 Å². The second-order valence-corrected chi connectivity index (χ2v) is 5.84. The molecule has 0 spiro atoms. The van der Waals surface area contributed by atoms with E-state index in [1.165, 1.54) is 11.4 Å². The lowest BCUT2D eigenvalue weighted by Gasteiger charge is -2.12. The first-order valence-electron chi connectivity index (χ1n) is 6.74. The van der Waals surface area contributed by atoms with Crippen molar-refractivity contribution in [3.05, 3.63) is 0 Å². The number of hydrogen-bond acceptors (Lipinski definition) is 0. The van der Waals surface area contributed by atoms with Crippen molar-refractivity contribution < 1.29 is 9.57 Å². The number of hydrogen-bond donors (Lipinski definition) is 1. The van der Waals surface area contributed by atoms with E-state index in [2.05, 4.69) is 78.8 Å². The monoisotopic (exact) mass is 242 g/mol. The topological polar surface area (TPSA) is 17.0 Å². The summed E-state index contributed by atoms with van der Waals surface area (Å²) in [7, 11) is 0. The Bertz CT molecular complexity index is 240. The van der Waals surface area contributed by atoms with Gasteiger partial charge < -0.3 is 0 Å². The van der Waals surface area contributed by atoms with Gasteiger partial charge in [-0.15, -0.1) is 0 Å².